The Morgan fingerprint density at radius 1 is 1.50 bits per heavy atom. The molecule has 74 valence electrons. The SMILES string of the molecule is C=S(=O)(F)n1c[n+](C)c2ccccc21. The van der Waals surface area contributed by atoms with E-state index in [1.807, 2.05) is 12.1 Å². The van der Waals surface area contributed by atoms with Gasteiger partial charge >= 0.3 is 0 Å². The molecule has 0 radical (unpaired) electrons. The number of para-hydroxylation sites is 2. The average Bonchev–Trinajstić information content (AvgIpc) is 2.44. The maximum absolute atomic E-state index is 13.2. The van der Waals surface area contributed by atoms with Gasteiger partial charge in [-0.1, -0.05) is 12.1 Å². The molecule has 0 fully saturated rings. The first-order valence-corrected chi connectivity index (χ1v) is 5.61. The molecule has 0 spiro atoms. The molecule has 0 amide bonds. The maximum atomic E-state index is 13.2. The van der Waals surface area contributed by atoms with E-state index in [2.05, 4.69) is 5.87 Å². The van der Waals surface area contributed by atoms with Gasteiger partial charge in [0.05, 0.1) is 7.05 Å². The number of hydrogen-bond acceptors (Lipinski definition) is 1. The molecule has 0 N–H and O–H groups in total. The largest absolute Gasteiger partial charge is 0.276 e. The molecule has 3 nitrogen and oxygen atoms in total. The second kappa shape index (κ2) is 2.81. The van der Waals surface area contributed by atoms with Crippen LogP contribution in [0.5, 0.6) is 0 Å². The molecule has 0 saturated heterocycles. The van der Waals surface area contributed by atoms with Crippen molar-refractivity contribution < 1.29 is 12.7 Å². The van der Waals surface area contributed by atoms with E-state index in [1.165, 1.54) is 6.33 Å². The molecular formula is C9H10FN2OS+. The predicted molar refractivity (Wildman–Crippen MR) is 54.9 cm³/mol. The summed E-state index contributed by atoms with van der Waals surface area (Å²) in [7, 11) is -1.94. The van der Waals surface area contributed by atoms with Gasteiger partial charge in [0.15, 0.2) is 11.0 Å². The van der Waals surface area contributed by atoms with Gasteiger partial charge in [0, 0.05) is 5.87 Å². The summed E-state index contributed by atoms with van der Waals surface area (Å²) in [5, 5.41) is 0. The summed E-state index contributed by atoms with van der Waals surface area (Å²) in [5.74, 6) is 3.01. The van der Waals surface area contributed by atoms with Gasteiger partial charge in [-0.15, -0.1) is 7.86 Å². The number of rotatable bonds is 1. The normalized spacial score (nSPS) is 15.6. The zero-order valence-electron chi connectivity index (χ0n) is 7.68. The third-order valence-electron chi connectivity index (χ3n) is 2.07. The van der Waals surface area contributed by atoms with Crippen molar-refractivity contribution in [2.75, 3.05) is 0 Å². The van der Waals surface area contributed by atoms with E-state index in [1.54, 1.807) is 23.7 Å². The number of hydrogen-bond donors (Lipinski definition) is 0. The Kier molecular flexibility index (Phi) is 1.85. The molecule has 0 aliphatic heterocycles. The molecular weight excluding hydrogens is 203 g/mol. The Morgan fingerprint density at radius 3 is 2.79 bits per heavy atom. The van der Waals surface area contributed by atoms with Gasteiger partial charge in [-0.3, -0.25) is 0 Å². The van der Waals surface area contributed by atoms with Crippen molar-refractivity contribution in [2.24, 2.45) is 7.05 Å². The first kappa shape index (κ1) is 9.21. The van der Waals surface area contributed by atoms with Crippen LogP contribution < -0.4 is 4.57 Å². The summed E-state index contributed by atoms with van der Waals surface area (Å²) in [6, 6.07) is 7.15. The highest BCUT2D eigenvalue weighted by molar-refractivity contribution is 7.94. The molecule has 14 heavy (non-hydrogen) atoms. The minimum atomic E-state index is -3.71. The van der Waals surface area contributed by atoms with Crippen LogP contribution in [-0.2, 0) is 17.1 Å². The van der Waals surface area contributed by atoms with E-state index in [0.717, 1.165) is 9.49 Å². The molecule has 2 aromatic rings. The summed E-state index contributed by atoms with van der Waals surface area (Å²) >= 11 is 0. The Morgan fingerprint density at radius 2 is 2.14 bits per heavy atom. The van der Waals surface area contributed by atoms with Crippen molar-refractivity contribution >= 4 is 27.0 Å². The molecule has 2 rings (SSSR count). The number of aromatic nitrogens is 2. The van der Waals surface area contributed by atoms with Crippen molar-refractivity contribution in [3.8, 4) is 0 Å². The molecule has 1 heterocycles. The highest BCUT2D eigenvalue weighted by Gasteiger charge is 2.18. The molecule has 1 aromatic carbocycles. The van der Waals surface area contributed by atoms with Crippen LogP contribution in [0.1, 0.15) is 0 Å². The number of fused-ring (bicyclic) bond motifs is 1. The maximum Gasteiger partial charge on any atom is 0.276 e. The van der Waals surface area contributed by atoms with E-state index in [0.29, 0.717) is 5.52 Å². The number of halogens is 1. The zero-order chi connectivity index (χ0) is 10.3. The smallest absolute Gasteiger partial charge is 0.232 e. The van der Waals surface area contributed by atoms with Crippen LogP contribution in [-0.4, -0.2) is 14.1 Å². The predicted octanol–water partition coefficient (Wildman–Crippen LogP) is 0.830. The van der Waals surface area contributed by atoms with Gasteiger partial charge in [-0.25, -0.2) is 4.57 Å². The van der Waals surface area contributed by atoms with Crippen molar-refractivity contribution in [2.45, 2.75) is 0 Å². The van der Waals surface area contributed by atoms with E-state index in [4.69, 9.17) is 0 Å². The minimum Gasteiger partial charge on any atom is -0.232 e. The molecule has 0 aliphatic carbocycles. The monoisotopic (exact) mass is 213 g/mol. The zero-order valence-corrected chi connectivity index (χ0v) is 8.50. The molecule has 0 aliphatic rings. The Hall–Kier alpha value is -1.36. The fourth-order valence-electron chi connectivity index (χ4n) is 1.45. The standard InChI is InChI=1S/C9H10FN2OS/c1-11-7-12(14(2,10)13)9-6-4-3-5-8(9)11/h3-7H,2H2,1H3/q+1. The summed E-state index contributed by atoms with van der Waals surface area (Å²) < 4.78 is 27.2. The average molecular weight is 213 g/mol. The number of imidazole rings is 1. The Labute approximate surface area is 81.8 Å². The molecule has 1 unspecified atom stereocenters. The van der Waals surface area contributed by atoms with Crippen molar-refractivity contribution in [3.63, 3.8) is 0 Å². The van der Waals surface area contributed by atoms with Gasteiger partial charge in [-0.2, -0.15) is 4.21 Å². The van der Waals surface area contributed by atoms with E-state index < -0.39 is 10.1 Å². The quantitative estimate of drug-likeness (QED) is 0.391. The molecule has 0 saturated carbocycles. The summed E-state index contributed by atoms with van der Waals surface area (Å²) in [4.78, 5) is 0. The van der Waals surface area contributed by atoms with Crippen LogP contribution in [0, 0.1) is 0 Å². The first-order valence-electron chi connectivity index (χ1n) is 4.03. The summed E-state index contributed by atoms with van der Waals surface area (Å²) in [6.07, 6.45) is 1.44. The van der Waals surface area contributed by atoms with E-state index in [9.17, 15) is 8.09 Å². The lowest BCUT2D eigenvalue weighted by atomic mass is 10.3. The fraction of sp³-hybridized carbons (Fsp3) is 0.111. The highest BCUT2D eigenvalue weighted by Crippen LogP contribution is 2.12. The third-order valence-corrected chi connectivity index (χ3v) is 2.95. The second-order valence-electron chi connectivity index (χ2n) is 3.10. The lowest BCUT2D eigenvalue weighted by Crippen LogP contribution is -2.25. The van der Waals surface area contributed by atoms with Crippen LogP contribution >= 0.6 is 0 Å². The molecule has 1 atom stereocenters. The first-order chi connectivity index (χ1) is 6.50. The molecule has 0 bridgehead atoms. The van der Waals surface area contributed by atoms with Crippen molar-refractivity contribution in [1.29, 1.82) is 0 Å². The molecule has 5 heteroatoms. The summed E-state index contributed by atoms with van der Waals surface area (Å²) in [6.45, 7) is 0. The second-order valence-corrected chi connectivity index (χ2v) is 4.62. The number of nitrogens with zero attached hydrogens (tertiary/aromatic N) is 2. The van der Waals surface area contributed by atoms with E-state index in [-0.39, 0.29) is 0 Å². The minimum absolute atomic E-state index is 0.581. The van der Waals surface area contributed by atoms with Crippen LogP contribution in [0.15, 0.2) is 30.6 Å². The highest BCUT2D eigenvalue weighted by atomic mass is 32.3. The number of aryl methyl sites for hydroxylation is 1. The van der Waals surface area contributed by atoms with Crippen molar-refractivity contribution in [3.05, 3.63) is 30.6 Å². The van der Waals surface area contributed by atoms with Gasteiger partial charge in [0.25, 0.3) is 16.4 Å². The Bertz CT molecular complexity index is 586. The van der Waals surface area contributed by atoms with Gasteiger partial charge < -0.3 is 0 Å². The van der Waals surface area contributed by atoms with Gasteiger partial charge in [0.2, 0.25) is 0 Å². The lowest BCUT2D eigenvalue weighted by molar-refractivity contribution is -0.645. The van der Waals surface area contributed by atoms with Gasteiger partial charge in [0.1, 0.15) is 0 Å². The molecule has 1 aromatic heterocycles. The fourth-order valence-corrected chi connectivity index (χ4v) is 2.18. The van der Waals surface area contributed by atoms with E-state index >= 15 is 0 Å². The summed E-state index contributed by atoms with van der Waals surface area (Å²) in [5.41, 5.74) is 1.40. The Balaban J connectivity index is 2.93. The topological polar surface area (TPSA) is 25.9 Å². The van der Waals surface area contributed by atoms with Crippen LogP contribution in [0.2, 0.25) is 0 Å². The van der Waals surface area contributed by atoms with Crippen LogP contribution in [0.3, 0.4) is 0 Å². The van der Waals surface area contributed by atoms with Crippen LogP contribution in [0.4, 0.5) is 3.89 Å². The van der Waals surface area contributed by atoms with Crippen LogP contribution in [0.25, 0.3) is 11.0 Å². The van der Waals surface area contributed by atoms with Gasteiger partial charge in [-0.05, 0) is 12.1 Å². The van der Waals surface area contributed by atoms with Crippen molar-refractivity contribution in [1.82, 2.24) is 3.97 Å². The number of benzene rings is 1. The lowest BCUT2D eigenvalue weighted by Gasteiger charge is -1.91. The third kappa shape index (κ3) is 1.29.